The van der Waals surface area contributed by atoms with E-state index in [9.17, 15) is 4.79 Å². The van der Waals surface area contributed by atoms with E-state index in [1.807, 2.05) is 6.92 Å². The van der Waals surface area contributed by atoms with Crippen molar-refractivity contribution in [1.29, 1.82) is 0 Å². The van der Waals surface area contributed by atoms with Crippen LogP contribution in [0.1, 0.15) is 19.8 Å². The number of esters is 1. The Morgan fingerprint density at radius 2 is 2.43 bits per heavy atom. The highest BCUT2D eigenvalue weighted by molar-refractivity contribution is 5.78. The molecule has 0 aromatic heterocycles. The summed E-state index contributed by atoms with van der Waals surface area (Å²) in [6, 6.07) is 0. The number of rotatable bonds is 3. The molecule has 2 rings (SSSR count). The fourth-order valence-corrected chi connectivity index (χ4v) is 2.63. The lowest BCUT2D eigenvalue weighted by Crippen LogP contribution is -2.34. The van der Waals surface area contributed by atoms with Crippen LogP contribution in [0.4, 0.5) is 0 Å². The molecule has 0 spiro atoms. The quantitative estimate of drug-likeness (QED) is 0.543. The summed E-state index contributed by atoms with van der Waals surface area (Å²) in [6.07, 6.45) is 6.32. The molecule has 2 aliphatic carbocycles. The molecule has 14 heavy (non-hydrogen) atoms. The highest BCUT2D eigenvalue weighted by Crippen LogP contribution is 2.52. The van der Waals surface area contributed by atoms with Gasteiger partial charge in [-0.15, -0.1) is 0 Å². The van der Waals surface area contributed by atoms with E-state index in [0.29, 0.717) is 11.8 Å². The SMILES string of the molecule is CC1(C(=O)OCCO)CC2C=CC1C2. The monoisotopic (exact) mass is 196 g/mol. The number of aliphatic hydroxyl groups is 1. The second kappa shape index (κ2) is 3.39. The minimum atomic E-state index is -0.339. The van der Waals surface area contributed by atoms with Crippen molar-refractivity contribution >= 4 is 5.97 Å². The number of carbonyl (C=O) groups is 1. The van der Waals surface area contributed by atoms with Crippen LogP contribution in [0.25, 0.3) is 0 Å². The summed E-state index contributed by atoms with van der Waals surface area (Å²) in [4.78, 5) is 11.7. The third-order valence-electron chi connectivity index (χ3n) is 3.47. The minimum Gasteiger partial charge on any atom is -0.463 e. The Balaban J connectivity index is 2.03. The molecule has 3 heteroatoms. The van der Waals surface area contributed by atoms with E-state index in [0.717, 1.165) is 12.8 Å². The number of carbonyl (C=O) groups excluding carboxylic acids is 1. The van der Waals surface area contributed by atoms with E-state index < -0.39 is 0 Å². The van der Waals surface area contributed by atoms with Crippen LogP contribution in [0.5, 0.6) is 0 Å². The van der Waals surface area contributed by atoms with Gasteiger partial charge in [0.1, 0.15) is 6.61 Å². The third kappa shape index (κ3) is 1.36. The first kappa shape index (κ1) is 9.71. The Hall–Kier alpha value is -0.830. The van der Waals surface area contributed by atoms with E-state index in [-0.39, 0.29) is 24.6 Å². The van der Waals surface area contributed by atoms with Crippen LogP contribution in [-0.4, -0.2) is 24.3 Å². The summed E-state index contributed by atoms with van der Waals surface area (Å²) in [5.74, 6) is 0.758. The molecule has 0 aliphatic heterocycles. The number of fused-ring (bicyclic) bond motifs is 2. The van der Waals surface area contributed by atoms with Gasteiger partial charge in [-0.05, 0) is 31.6 Å². The van der Waals surface area contributed by atoms with Crippen molar-refractivity contribution in [2.45, 2.75) is 19.8 Å². The normalized spacial score (nSPS) is 39.0. The molecule has 1 saturated carbocycles. The molecular weight excluding hydrogens is 180 g/mol. The van der Waals surface area contributed by atoms with Gasteiger partial charge < -0.3 is 9.84 Å². The maximum Gasteiger partial charge on any atom is 0.312 e. The van der Waals surface area contributed by atoms with Crippen molar-refractivity contribution < 1.29 is 14.6 Å². The van der Waals surface area contributed by atoms with Crippen LogP contribution >= 0.6 is 0 Å². The summed E-state index contributed by atoms with van der Waals surface area (Å²) in [7, 11) is 0. The van der Waals surface area contributed by atoms with Crippen molar-refractivity contribution in [1.82, 2.24) is 0 Å². The van der Waals surface area contributed by atoms with E-state index in [1.165, 1.54) is 0 Å². The zero-order chi connectivity index (χ0) is 10.2. The Kier molecular flexibility index (Phi) is 2.35. The van der Waals surface area contributed by atoms with E-state index in [4.69, 9.17) is 9.84 Å². The molecule has 2 bridgehead atoms. The molecule has 78 valence electrons. The highest BCUT2D eigenvalue weighted by atomic mass is 16.5. The Labute approximate surface area is 83.8 Å². The predicted octanol–water partition coefficient (Wildman–Crippen LogP) is 1.12. The zero-order valence-corrected chi connectivity index (χ0v) is 8.40. The van der Waals surface area contributed by atoms with Crippen LogP contribution in [0.2, 0.25) is 0 Å². The zero-order valence-electron chi connectivity index (χ0n) is 8.40. The lowest BCUT2D eigenvalue weighted by molar-refractivity contribution is -0.157. The first-order valence-corrected chi connectivity index (χ1v) is 5.13. The fraction of sp³-hybridized carbons (Fsp3) is 0.727. The average molecular weight is 196 g/mol. The number of aliphatic hydroxyl groups excluding tert-OH is 1. The van der Waals surface area contributed by atoms with Crippen LogP contribution in [0.15, 0.2) is 12.2 Å². The molecule has 1 N–H and O–H groups in total. The first-order valence-electron chi connectivity index (χ1n) is 5.13. The van der Waals surface area contributed by atoms with Gasteiger partial charge in [-0.1, -0.05) is 12.2 Å². The van der Waals surface area contributed by atoms with Crippen molar-refractivity contribution in [2.75, 3.05) is 13.2 Å². The predicted molar refractivity (Wildman–Crippen MR) is 51.5 cm³/mol. The van der Waals surface area contributed by atoms with Gasteiger partial charge in [0.05, 0.1) is 12.0 Å². The summed E-state index contributed by atoms with van der Waals surface area (Å²) in [5, 5.41) is 8.58. The molecular formula is C11H16O3. The maximum absolute atomic E-state index is 11.7. The average Bonchev–Trinajstić information content (AvgIpc) is 2.73. The Morgan fingerprint density at radius 3 is 2.93 bits per heavy atom. The molecule has 3 nitrogen and oxygen atoms in total. The summed E-state index contributed by atoms with van der Waals surface area (Å²) < 4.78 is 5.01. The second-order valence-corrected chi connectivity index (χ2v) is 4.47. The van der Waals surface area contributed by atoms with Gasteiger partial charge >= 0.3 is 5.97 Å². The minimum absolute atomic E-state index is 0.0915. The number of ether oxygens (including phenoxy) is 1. The topological polar surface area (TPSA) is 46.5 Å². The molecule has 3 unspecified atom stereocenters. The van der Waals surface area contributed by atoms with Gasteiger partial charge in [-0.2, -0.15) is 0 Å². The lowest BCUT2D eigenvalue weighted by atomic mass is 9.78. The van der Waals surface area contributed by atoms with Gasteiger partial charge in [-0.25, -0.2) is 0 Å². The molecule has 0 radical (unpaired) electrons. The molecule has 2 aliphatic rings. The lowest BCUT2D eigenvalue weighted by Gasteiger charge is -2.28. The van der Waals surface area contributed by atoms with E-state index >= 15 is 0 Å². The molecule has 0 heterocycles. The molecule has 0 amide bonds. The van der Waals surface area contributed by atoms with E-state index in [1.54, 1.807) is 0 Å². The standard InChI is InChI=1S/C11H16O3/c1-11(10(13)14-5-4-12)7-8-2-3-9(11)6-8/h2-3,8-9,12H,4-7H2,1H3. The first-order chi connectivity index (χ1) is 6.66. The van der Waals surface area contributed by atoms with Crippen molar-refractivity contribution in [3.8, 4) is 0 Å². The second-order valence-electron chi connectivity index (χ2n) is 4.47. The molecule has 0 saturated heterocycles. The van der Waals surface area contributed by atoms with Crippen LogP contribution < -0.4 is 0 Å². The molecule has 1 fully saturated rings. The van der Waals surface area contributed by atoms with Crippen molar-refractivity contribution in [3.63, 3.8) is 0 Å². The molecule has 0 aromatic rings. The van der Waals surface area contributed by atoms with Crippen molar-refractivity contribution in [3.05, 3.63) is 12.2 Å². The smallest absolute Gasteiger partial charge is 0.312 e. The van der Waals surface area contributed by atoms with Crippen molar-refractivity contribution in [2.24, 2.45) is 17.3 Å². The molecule has 0 aromatic carbocycles. The van der Waals surface area contributed by atoms with Crippen LogP contribution in [0.3, 0.4) is 0 Å². The third-order valence-corrected chi connectivity index (χ3v) is 3.47. The Morgan fingerprint density at radius 1 is 1.64 bits per heavy atom. The van der Waals surface area contributed by atoms with Crippen LogP contribution in [-0.2, 0) is 9.53 Å². The van der Waals surface area contributed by atoms with Gasteiger partial charge in [0.25, 0.3) is 0 Å². The Bertz CT molecular complexity index is 272. The van der Waals surface area contributed by atoms with Crippen LogP contribution in [0, 0.1) is 17.3 Å². The number of hydrogen-bond donors (Lipinski definition) is 1. The van der Waals surface area contributed by atoms with E-state index in [2.05, 4.69) is 12.2 Å². The van der Waals surface area contributed by atoms with Gasteiger partial charge in [0.2, 0.25) is 0 Å². The summed E-state index contributed by atoms with van der Waals surface area (Å²) >= 11 is 0. The maximum atomic E-state index is 11.7. The summed E-state index contributed by atoms with van der Waals surface area (Å²) in [5.41, 5.74) is -0.339. The highest BCUT2D eigenvalue weighted by Gasteiger charge is 2.50. The summed E-state index contributed by atoms with van der Waals surface area (Å²) in [6.45, 7) is 2.00. The molecule has 3 atom stereocenters. The number of hydrogen-bond acceptors (Lipinski definition) is 3. The fourth-order valence-electron chi connectivity index (χ4n) is 2.63. The largest absolute Gasteiger partial charge is 0.463 e. The number of allylic oxidation sites excluding steroid dienone is 2. The van der Waals surface area contributed by atoms with Gasteiger partial charge in [0, 0.05) is 0 Å². The van der Waals surface area contributed by atoms with Gasteiger partial charge in [-0.3, -0.25) is 4.79 Å². The van der Waals surface area contributed by atoms with Gasteiger partial charge in [0.15, 0.2) is 0 Å².